The first kappa shape index (κ1) is 7.62. The smallest absolute Gasteiger partial charge is 0.129 e. The Hall–Kier alpha value is -1.02. The zero-order valence-corrected chi connectivity index (χ0v) is 7.03. The van der Waals surface area contributed by atoms with Crippen LogP contribution in [0, 0.1) is 5.82 Å². The van der Waals surface area contributed by atoms with E-state index in [-0.39, 0.29) is 11.7 Å². The molecule has 0 spiro atoms. The zero-order valence-electron chi connectivity index (χ0n) is 6.27. The molecule has 0 fully saturated rings. The third kappa shape index (κ3) is 1.08. The second-order valence-corrected chi connectivity index (χ2v) is 2.91. The van der Waals surface area contributed by atoms with E-state index in [0.29, 0.717) is 5.56 Å². The lowest BCUT2D eigenvalue weighted by molar-refractivity contribution is 0.619. The first-order chi connectivity index (χ1) is 5.81. The molecule has 1 heterocycles. The van der Waals surface area contributed by atoms with Crippen molar-refractivity contribution >= 4 is 22.5 Å². The van der Waals surface area contributed by atoms with Crippen molar-refractivity contribution in [1.29, 1.82) is 0 Å². The van der Waals surface area contributed by atoms with E-state index in [2.05, 4.69) is 4.98 Å². The minimum absolute atomic E-state index is 0.215. The normalized spacial score (nSPS) is 10.8. The summed E-state index contributed by atoms with van der Waals surface area (Å²) in [6.07, 6.45) is 1.78. The molecule has 0 atom stereocenters. The molecule has 1 nitrogen and oxygen atoms in total. The van der Waals surface area contributed by atoms with Gasteiger partial charge in [-0.2, -0.15) is 0 Å². The summed E-state index contributed by atoms with van der Waals surface area (Å²) in [5, 5.41) is 0.993. The highest BCUT2D eigenvalue weighted by Gasteiger charge is 2.03. The Kier molecular flexibility index (Phi) is 1.77. The molecular formula is C9H7ClFN. The molecule has 0 aliphatic carbocycles. The van der Waals surface area contributed by atoms with Gasteiger partial charge in [-0.15, -0.1) is 11.6 Å². The van der Waals surface area contributed by atoms with Gasteiger partial charge in [0.25, 0.3) is 0 Å². The Morgan fingerprint density at radius 3 is 3.00 bits per heavy atom. The molecule has 0 radical (unpaired) electrons. The van der Waals surface area contributed by atoms with Crippen molar-refractivity contribution in [1.82, 2.24) is 4.98 Å². The van der Waals surface area contributed by atoms with Crippen molar-refractivity contribution in [2.75, 3.05) is 0 Å². The molecule has 0 amide bonds. The van der Waals surface area contributed by atoms with Gasteiger partial charge < -0.3 is 4.98 Å². The van der Waals surface area contributed by atoms with Crippen molar-refractivity contribution in [3.63, 3.8) is 0 Å². The molecule has 1 aromatic carbocycles. The van der Waals surface area contributed by atoms with Crippen LogP contribution in [-0.2, 0) is 5.88 Å². The average molecular weight is 184 g/mol. The molecule has 0 saturated heterocycles. The maximum atomic E-state index is 13.1. The summed E-state index contributed by atoms with van der Waals surface area (Å²) in [4.78, 5) is 2.93. The fourth-order valence-corrected chi connectivity index (χ4v) is 1.43. The van der Waals surface area contributed by atoms with Gasteiger partial charge in [-0.3, -0.25) is 0 Å². The van der Waals surface area contributed by atoms with E-state index in [1.807, 2.05) is 6.07 Å². The number of fused-ring (bicyclic) bond motifs is 1. The number of aromatic amines is 1. The Morgan fingerprint density at radius 2 is 2.25 bits per heavy atom. The molecular weight excluding hydrogens is 177 g/mol. The van der Waals surface area contributed by atoms with Gasteiger partial charge in [0.1, 0.15) is 5.82 Å². The topological polar surface area (TPSA) is 15.8 Å². The number of aromatic nitrogens is 1. The molecule has 1 N–H and O–H groups in total. The number of hydrogen-bond acceptors (Lipinski definition) is 0. The molecule has 2 aromatic rings. The predicted molar refractivity (Wildman–Crippen MR) is 47.8 cm³/mol. The molecule has 1 aromatic heterocycles. The first-order valence-corrected chi connectivity index (χ1v) is 4.16. The van der Waals surface area contributed by atoms with Gasteiger partial charge in [0.05, 0.1) is 5.88 Å². The van der Waals surface area contributed by atoms with Gasteiger partial charge in [0.2, 0.25) is 0 Å². The summed E-state index contributed by atoms with van der Waals surface area (Å²) in [5.74, 6) is -0.0348. The number of hydrogen-bond donors (Lipinski definition) is 1. The highest BCUT2D eigenvalue weighted by molar-refractivity contribution is 6.17. The van der Waals surface area contributed by atoms with Crippen LogP contribution in [0.3, 0.4) is 0 Å². The van der Waals surface area contributed by atoms with Gasteiger partial charge in [-0.25, -0.2) is 4.39 Å². The third-order valence-corrected chi connectivity index (χ3v) is 2.15. The summed E-state index contributed by atoms with van der Waals surface area (Å²) in [7, 11) is 0. The van der Waals surface area contributed by atoms with Crippen molar-refractivity contribution in [2.45, 2.75) is 5.88 Å². The van der Waals surface area contributed by atoms with E-state index in [4.69, 9.17) is 11.6 Å². The lowest BCUT2D eigenvalue weighted by atomic mass is 10.2. The first-order valence-electron chi connectivity index (χ1n) is 3.63. The van der Waals surface area contributed by atoms with Gasteiger partial charge in [-0.05, 0) is 23.6 Å². The van der Waals surface area contributed by atoms with Crippen LogP contribution >= 0.6 is 11.6 Å². The molecule has 0 bridgehead atoms. The van der Waals surface area contributed by atoms with Gasteiger partial charge >= 0.3 is 0 Å². The van der Waals surface area contributed by atoms with E-state index in [9.17, 15) is 4.39 Å². The standard InChI is InChI=1S/C9H7ClFN/c10-5-7-3-6-1-2-12-9(6)4-8(7)11/h1-4,12H,5H2. The summed E-state index contributed by atoms with van der Waals surface area (Å²) in [6.45, 7) is 0. The number of nitrogens with one attached hydrogen (secondary N) is 1. The third-order valence-electron chi connectivity index (χ3n) is 1.86. The Labute approximate surface area is 74.2 Å². The second kappa shape index (κ2) is 2.79. The molecule has 3 heteroatoms. The monoisotopic (exact) mass is 183 g/mol. The van der Waals surface area contributed by atoms with Crippen LogP contribution in [-0.4, -0.2) is 4.98 Å². The molecule has 12 heavy (non-hydrogen) atoms. The lowest BCUT2D eigenvalue weighted by Gasteiger charge is -1.97. The lowest BCUT2D eigenvalue weighted by Crippen LogP contribution is -1.84. The van der Waals surface area contributed by atoms with Crippen LogP contribution in [0.2, 0.25) is 0 Å². The van der Waals surface area contributed by atoms with Crippen LogP contribution in [0.25, 0.3) is 10.9 Å². The van der Waals surface area contributed by atoms with E-state index in [1.165, 1.54) is 6.07 Å². The molecule has 0 aliphatic rings. The molecule has 0 unspecified atom stereocenters. The summed E-state index contributed by atoms with van der Waals surface area (Å²) in [5.41, 5.74) is 1.35. The SMILES string of the molecule is Fc1cc2[nH]ccc2cc1CCl. The number of benzene rings is 1. The minimum Gasteiger partial charge on any atom is -0.361 e. The van der Waals surface area contributed by atoms with E-state index < -0.39 is 0 Å². The van der Waals surface area contributed by atoms with Gasteiger partial charge in [-0.1, -0.05) is 0 Å². The maximum absolute atomic E-state index is 13.1. The van der Waals surface area contributed by atoms with Crippen LogP contribution < -0.4 is 0 Å². The van der Waals surface area contributed by atoms with Crippen LogP contribution in [0.1, 0.15) is 5.56 Å². The van der Waals surface area contributed by atoms with Crippen LogP contribution in [0.4, 0.5) is 4.39 Å². The maximum Gasteiger partial charge on any atom is 0.129 e. The van der Waals surface area contributed by atoms with Gasteiger partial charge in [0, 0.05) is 17.3 Å². The second-order valence-electron chi connectivity index (χ2n) is 2.64. The Morgan fingerprint density at radius 1 is 1.42 bits per heavy atom. The van der Waals surface area contributed by atoms with Crippen molar-refractivity contribution in [3.05, 3.63) is 35.8 Å². The largest absolute Gasteiger partial charge is 0.361 e. The zero-order chi connectivity index (χ0) is 8.55. The average Bonchev–Trinajstić information content (AvgIpc) is 2.49. The molecule has 0 aliphatic heterocycles. The van der Waals surface area contributed by atoms with Crippen LogP contribution in [0.15, 0.2) is 24.4 Å². The van der Waals surface area contributed by atoms with Crippen LogP contribution in [0.5, 0.6) is 0 Å². The fourth-order valence-electron chi connectivity index (χ4n) is 1.22. The summed E-state index contributed by atoms with van der Waals surface area (Å²) in [6, 6.07) is 5.12. The fraction of sp³-hybridized carbons (Fsp3) is 0.111. The van der Waals surface area contributed by atoms with E-state index in [1.54, 1.807) is 12.3 Å². The Balaban J connectivity index is 2.73. The molecule has 62 valence electrons. The number of alkyl halides is 1. The molecule has 2 rings (SSSR count). The quantitative estimate of drug-likeness (QED) is 0.655. The minimum atomic E-state index is -0.250. The van der Waals surface area contributed by atoms with Crippen molar-refractivity contribution < 1.29 is 4.39 Å². The highest BCUT2D eigenvalue weighted by atomic mass is 35.5. The number of rotatable bonds is 1. The van der Waals surface area contributed by atoms with Crippen molar-refractivity contribution in [2.24, 2.45) is 0 Å². The Bertz CT molecular complexity index is 408. The van der Waals surface area contributed by atoms with Crippen molar-refractivity contribution in [3.8, 4) is 0 Å². The summed E-state index contributed by atoms with van der Waals surface area (Å²) < 4.78 is 13.1. The predicted octanol–water partition coefficient (Wildman–Crippen LogP) is 3.05. The van der Waals surface area contributed by atoms with Gasteiger partial charge in [0.15, 0.2) is 0 Å². The summed E-state index contributed by atoms with van der Waals surface area (Å²) >= 11 is 5.55. The van der Waals surface area contributed by atoms with E-state index >= 15 is 0 Å². The molecule has 0 saturated carbocycles. The van der Waals surface area contributed by atoms with E-state index in [0.717, 1.165) is 10.9 Å². The number of H-pyrrole nitrogens is 1. The number of halogens is 2. The highest BCUT2D eigenvalue weighted by Crippen LogP contribution is 2.19.